The Morgan fingerprint density at radius 1 is 1.32 bits per heavy atom. The fourth-order valence-electron chi connectivity index (χ4n) is 1.76. The van der Waals surface area contributed by atoms with Crippen LogP contribution in [0.1, 0.15) is 10.4 Å². The van der Waals surface area contributed by atoms with Crippen LogP contribution in [0, 0.1) is 15.9 Å². The highest BCUT2D eigenvalue weighted by Crippen LogP contribution is 2.26. The molecule has 0 bridgehead atoms. The maximum Gasteiger partial charge on any atom is 0.282 e. The Balaban J connectivity index is 2.38. The van der Waals surface area contributed by atoms with Gasteiger partial charge in [-0.15, -0.1) is 0 Å². The zero-order chi connectivity index (χ0) is 16.3. The van der Waals surface area contributed by atoms with Gasteiger partial charge in [-0.25, -0.2) is 4.39 Å². The summed E-state index contributed by atoms with van der Waals surface area (Å²) in [7, 11) is 1.36. The maximum absolute atomic E-state index is 13.7. The monoisotopic (exact) mass is 324 g/mol. The van der Waals surface area contributed by atoms with Crippen molar-refractivity contribution in [2.75, 3.05) is 12.4 Å². The Bertz CT molecular complexity index is 752. The first-order valence-corrected chi connectivity index (χ1v) is 6.39. The highest BCUT2D eigenvalue weighted by atomic mass is 35.5. The SMILES string of the molecule is COc1ccc([N+](=O)[O-])c(C(=O)Nc2ccc(Cl)cc2F)c1. The molecule has 0 fully saturated rings. The van der Waals surface area contributed by atoms with Crippen LogP contribution in [0.2, 0.25) is 5.02 Å². The molecule has 2 aromatic carbocycles. The minimum atomic E-state index is -0.827. The fourth-order valence-corrected chi connectivity index (χ4v) is 1.92. The number of halogens is 2. The summed E-state index contributed by atoms with van der Waals surface area (Å²) in [6.07, 6.45) is 0. The lowest BCUT2D eigenvalue weighted by atomic mass is 10.1. The van der Waals surface area contributed by atoms with E-state index in [-0.39, 0.29) is 22.0 Å². The molecule has 0 radical (unpaired) electrons. The maximum atomic E-state index is 13.7. The van der Waals surface area contributed by atoms with Gasteiger partial charge in [0.2, 0.25) is 0 Å². The van der Waals surface area contributed by atoms with Gasteiger partial charge in [-0.05, 0) is 30.3 Å². The molecule has 1 N–H and O–H groups in total. The summed E-state index contributed by atoms with van der Waals surface area (Å²) in [6.45, 7) is 0. The highest BCUT2D eigenvalue weighted by molar-refractivity contribution is 6.30. The van der Waals surface area contributed by atoms with Gasteiger partial charge in [0, 0.05) is 11.1 Å². The minimum absolute atomic E-state index is 0.133. The van der Waals surface area contributed by atoms with Crippen molar-refractivity contribution in [3.63, 3.8) is 0 Å². The molecule has 1 amide bonds. The van der Waals surface area contributed by atoms with Crippen LogP contribution in [0.25, 0.3) is 0 Å². The number of ether oxygens (including phenoxy) is 1. The van der Waals surface area contributed by atoms with E-state index < -0.39 is 22.3 Å². The third-order valence-electron chi connectivity index (χ3n) is 2.82. The van der Waals surface area contributed by atoms with Crippen molar-refractivity contribution < 1.29 is 18.8 Å². The number of benzene rings is 2. The van der Waals surface area contributed by atoms with E-state index in [0.29, 0.717) is 0 Å². The van der Waals surface area contributed by atoms with Crippen LogP contribution in [-0.4, -0.2) is 17.9 Å². The van der Waals surface area contributed by atoms with E-state index in [4.69, 9.17) is 16.3 Å². The van der Waals surface area contributed by atoms with Crippen molar-refractivity contribution in [2.24, 2.45) is 0 Å². The zero-order valence-electron chi connectivity index (χ0n) is 11.3. The molecule has 0 aliphatic carbocycles. The smallest absolute Gasteiger partial charge is 0.282 e. The number of methoxy groups -OCH3 is 1. The summed E-state index contributed by atoms with van der Waals surface area (Å²) in [5.74, 6) is -1.30. The number of hydrogen-bond donors (Lipinski definition) is 1. The van der Waals surface area contributed by atoms with Gasteiger partial charge in [0.05, 0.1) is 17.7 Å². The molecule has 8 heteroatoms. The first-order valence-electron chi connectivity index (χ1n) is 6.01. The number of nitro groups is 1. The molecule has 0 aromatic heterocycles. The van der Waals surface area contributed by atoms with Crippen LogP contribution in [-0.2, 0) is 0 Å². The van der Waals surface area contributed by atoms with Gasteiger partial charge < -0.3 is 10.1 Å². The van der Waals surface area contributed by atoms with Crippen LogP contribution in [0.4, 0.5) is 15.8 Å². The first-order chi connectivity index (χ1) is 10.4. The van der Waals surface area contributed by atoms with Gasteiger partial charge in [0.1, 0.15) is 17.1 Å². The summed E-state index contributed by atoms with van der Waals surface area (Å²) >= 11 is 5.62. The summed E-state index contributed by atoms with van der Waals surface area (Å²) in [6, 6.07) is 7.39. The van der Waals surface area contributed by atoms with Crippen LogP contribution < -0.4 is 10.1 Å². The second kappa shape index (κ2) is 6.40. The van der Waals surface area contributed by atoms with Crippen LogP contribution in [0.5, 0.6) is 5.75 Å². The highest BCUT2D eigenvalue weighted by Gasteiger charge is 2.22. The molecule has 2 rings (SSSR count). The summed E-state index contributed by atoms with van der Waals surface area (Å²) < 4.78 is 18.6. The van der Waals surface area contributed by atoms with Crippen molar-refractivity contribution in [3.05, 3.63) is 62.9 Å². The normalized spacial score (nSPS) is 10.1. The van der Waals surface area contributed by atoms with Crippen molar-refractivity contribution >= 4 is 28.9 Å². The Morgan fingerprint density at radius 2 is 2.05 bits per heavy atom. The molecule has 114 valence electrons. The van der Waals surface area contributed by atoms with Gasteiger partial charge in [-0.1, -0.05) is 11.6 Å². The fraction of sp³-hybridized carbons (Fsp3) is 0.0714. The Kier molecular flexibility index (Phi) is 4.57. The quantitative estimate of drug-likeness (QED) is 0.687. The lowest BCUT2D eigenvalue weighted by Gasteiger charge is -2.08. The summed E-state index contributed by atoms with van der Waals surface area (Å²) in [5.41, 5.74) is -0.780. The number of rotatable bonds is 4. The zero-order valence-corrected chi connectivity index (χ0v) is 12.1. The average molecular weight is 325 g/mol. The van der Waals surface area contributed by atoms with E-state index in [1.807, 2.05) is 0 Å². The van der Waals surface area contributed by atoms with Crippen molar-refractivity contribution in [1.82, 2.24) is 0 Å². The van der Waals surface area contributed by atoms with Gasteiger partial charge >= 0.3 is 0 Å². The molecular weight excluding hydrogens is 315 g/mol. The molecule has 0 aliphatic rings. The Hall–Kier alpha value is -2.67. The molecule has 0 spiro atoms. The lowest BCUT2D eigenvalue weighted by molar-refractivity contribution is -0.385. The molecule has 0 saturated heterocycles. The number of amides is 1. The minimum Gasteiger partial charge on any atom is -0.497 e. The molecule has 0 unspecified atom stereocenters. The van der Waals surface area contributed by atoms with E-state index in [1.54, 1.807) is 0 Å². The topological polar surface area (TPSA) is 81.5 Å². The molecule has 0 aliphatic heterocycles. The largest absolute Gasteiger partial charge is 0.497 e. The van der Waals surface area contributed by atoms with Crippen molar-refractivity contribution in [3.8, 4) is 5.75 Å². The van der Waals surface area contributed by atoms with Gasteiger partial charge in [-0.2, -0.15) is 0 Å². The van der Waals surface area contributed by atoms with Crippen LogP contribution >= 0.6 is 11.6 Å². The number of carbonyl (C=O) groups is 1. The van der Waals surface area contributed by atoms with Crippen LogP contribution in [0.3, 0.4) is 0 Å². The number of carbonyl (C=O) groups excluding carboxylic acids is 1. The molecule has 2 aromatic rings. The number of nitrogens with zero attached hydrogens (tertiary/aromatic N) is 1. The van der Waals surface area contributed by atoms with Crippen molar-refractivity contribution in [2.45, 2.75) is 0 Å². The first kappa shape index (κ1) is 15.7. The van der Waals surface area contributed by atoms with E-state index in [2.05, 4.69) is 5.32 Å². The number of hydrogen-bond acceptors (Lipinski definition) is 4. The second-order valence-electron chi connectivity index (χ2n) is 4.22. The van der Waals surface area contributed by atoms with E-state index in [0.717, 1.165) is 12.1 Å². The average Bonchev–Trinajstić information content (AvgIpc) is 2.49. The number of nitro benzene ring substituents is 1. The van der Waals surface area contributed by atoms with Crippen molar-refractivity contribution in [1.29, 1.82) is 0 Å². The molecule has 22 heavy (non-hydrogen) atoms. The Morgan fingerprint density at radius 3 is 2.64 bits per heavy atom. The number of anilines is 1. The van der Waals surface area contributed by atoms with Crippen LogP contribution in [0.15, 0.2) is 36.4 Å². The Labute approximate surface area is 129 Å². The standard InChI is InChI=1S/C14H10ClFN2O4/c1-22-9-3-5-13(18(20)21)10(7-9)14(19)17-12-4-2-8(15)6-11(12)16/h2-7H,1H3,(H,17,19). The second-order valence-corrected chi connectivity index (χ2v) is 4.65. The third-order valence-corrected chi connectivity index (χ3v) is 3.06. The van der Waals surface area contributed by atoms with Gasteiger partial charge in [0.15, 0.2) is 0 Å². The summed E-state index contributed by atoms with van der Waals surface area (Å²) in [4.78, 5) is 22.5. The van der Waals surface area contributed by atoms with E-state index in [1.165, 1.54) is 31.4 Å². The lowest BCUT2D eigenvalue weighted by Crippen LogP contribution is -2.15. The van der Waals surface area contributed by atoms with E-state index >= 15 is 0 Å². The predicted octanol–water partition coefficient (Wildman–Crippen LogP) is 3.65. The summed E-state index contributed by atoms with van der Waals surface area (Å²) in [5, 5.41) is 13.4. The molecule has 0 atom stereocenters. The molecule has 6 nitrogen and oxygen atoms in total. The predicted molar refractivity (Wildman–Crippen MR) is 79.0 cm³/mol. The van der Waals surface area contributed by atoms with Gasteiger partial charge in [0.25, 0.3) is 11.6 Å². The molecular formula is C14H10ClFN2O4. The molecule has 0 heterocycles. The third kappa shape index (κ3) is 3.32. The van der Waals surface area contributed by atoms with Gasteiger partial charge in [-0.3, -0.25) is 14.9 Å². The number of nitrogens with one attached hydrogen (secondary N) is 1. The van der Waals surface area contributed by atoms with E-state index in [9.17, 15) is 19.3 Å². The molecule has 0 saturated carbocycles.